The summed E-state index contributed by atoms with van der Waals surface area (Å²) in [7, 11) is 0. The van der Waals surface area contributed by atoms with Crippen LogP contribution in [0.3, 0.4) is 0 Å². The van der Waals surface area contributed by atoms with Crippen LogP contribution in [0, 0.1) is 0 Å². The summed E-state index contributed by atoms with van der Waals surface area (Å²) < 4.78 is 1.27. The number of carbonyl (C=O) groups is 2. The molecule has 0 fully saturated rings. The first-order valence-electron chi connectivity index (χ1n) is 10.9. The van der Waals surface area contributed by atoms with Crippen LogP contribution in [0.2, 0.25) is 0 Å². The van der Waals surface area contributed by atoms with Crippen molar-refractivity contribution in [2.24, 2.45) is 0 Å². The van der Waals surface area contributed by atoms with Gasteiger partial charge >= 0.3 is 0 Å². The molecule has 1 aromatic heterocycles. The number of aromatic nitrogens is 2. The monoisotopic (exact) mass is 472 g/mol. The lowest BCUT2D eigenvalue weighted by atomic mass is 10.1. The van der Waals surface area contributed by atoms with Gasteiger partial charge < -0.3 is 0 Å². The summed E-state index contributed by atoms with van der Waals surface area (Å²) in [5, 5.41) is 5.14. The summed E-state index contributed by atoms with van der Waals surface area (Å²) >= 11 is 1.68. The molecule has 8 heteroatoms. The molecule has 0 saturated heterocycles. The number of benzene rings is 3. The lowest BCUT2D eigenvalue weighted by Gasteiger charge is -2.12. The van der Waals surface area contributed by atoms with Crippen LogP contribution in [-0.2, 0) is 11.3 Å². The first kappa shape index (κ1) is 23.3. The van der Waals surface area contributed by atoms with Crippen molar-refractivity contribution in [2.45, 2.75) is 24.3 Å². The van der Waals surface area contributed by atoms with Gasteiger partial charge in [-0.1, -0.05) is 66.7 Å². The molecular weight excluding hydrogens is 448 g/mol. The van der Waals surface area contributed by atoms with Crippen LogP contribution in [0.25, 0.3) is 10.8 Å². The van der Waals surface area contributed by atoms with E-state index >= 15 is 0 Å². The number of thioether (sulfide) groups is 1. The van der Waals surface area contributed by atoms with Gasteiger partial charge in [0, 0.05) is 16.7 Å². The molecule has 4 aromatic rings. The first-order chi connectivity index (χ1) is 16.6. The number of carbonyl (C=O) groups excluding carboxylic acids is 2. The standard InChI is InChI=1S/C26H24N4O3S/c31-23(16-9-17-34-20-12-5-2-6-13-20)27-28-25(32)24-21-14-7-8-15-22(21)26(33)30(29-24)18-19-10-3-1-4-11-19/h1-8,10-15H,9,16-18H2,(H,27,31)(H,28,32). The van der Waals surface area contributed by atoms with Crippen molar-refractivity contribution in [2.75, 3.05) is 5.75 Å². The Morgan fingerprint density at radius 2 is 1.47 bits per heavy atom. The number of nitrogens with zero attached hydrogens (tertiary/aromatic N) is 2. The second-order valence-electron chi connectivity index (χ2n) is 7.61. The second-order valence-corrected chi connectivity index (χ2v) is 8.78. The van der Waals surface area contributed by atoms with Gasteiger partial charge in [-0.05, 0) is 35.9 Å². The van der Waals surface area contributed by atoms with Gasteiger partial charge in [0.05, 0.1) is 11.9 Å². The predicted molar refractivity (Wildman–Crippen MR) is 134 cm³/mol. The number of rotatable bonds is 8. The highest BCUT2D eigenvalue weighted by molar-refractivity contribution is 7.99. The second kappa shape index (κ2) is 11.3. The van der Waals surface area contributed by atoms with Crippen LogP contribution in [0.5, 0.6) is 0 Å². The molecule has 172 valence electrons. The van der Waals surface area contributed by atoms with Crippen molar-refractivity contribution in [3.05, 3.63) is 107 Å². The molecule has 2 N–H and O–H groups in total. The lowest BCUT2D eigenvalue weighted by molar-refractivity contribution is -0.121. The molecule has 34 heavy (non-hydrogen) atoms. The normalized spacial score (nSPS) is 10.7. The number of amides is 2. The van der Waals surface area contributed by atoms with Crippen molar-refractivity contribution in [3.8, 4) is 0 Å². The molecule has 2 amide bonds. The Kier molecular flexibility index (Phi) is 7.72. The molecule has 0 aliphatic rings. The zero-order valence-electron chi connectivity index (χ0n) is 18.4. The summed E-state index contributed by atoms with van der Waals surface area (Å²) in [6, 6.07) is 26.2. The summed E-state index contributed by atoms with van der Waals surface area (Å²) in [5.41, 5.74) is 5.57. The van der Waals surface area contributed by atoms with Crippen molar-refractivity contribution in [1.82, 2.24) is 20.6 Å². The maximum absolute atomic E-state index is 12.9. The summed E-state index contributed by atoms with van der Waals surface area (Å²) in [4.78, 5) is 39.2. The van der Waals surface area contributed by atoms with Crippen molar-refractivity contribution >= 4 is 34.3 Å². The van der Waals surface area contributed by atoms with Gasteiger partial charge in [0.15, 0.2) is 5.69 Å². The fourth-order valence-electron chi connectivity index (χ4n) is 3.45. The zero-order valence-corrected chi connectivity index (χ0v) is 19.3. The maximum atomic E-state index is 12.9. The quantitative estimate of drug-likeness (QED) is 0.231. The minimum absolute atomic E-state index is 0.0751. The van der Waals surface area contributed by atoms with Crippen LogP contribution in [0.1, 0.15) is 28.9 Å². The van der Waals surface area contributed by atoms with Gasteiger partial charge in [-0.25, -0.2) is 4.68 Å². The minimum atomic E-state index is -0.579. The molecule has 0 unspecified atom stereocenters. The molecule has 0 aliphatic carbocycles. The largest absolute Gasteiger partial charge is 0.290 e. The first-order valence-corrected chi connectivity index (χ1v) is 11.9. The molecule has 4 rings (SSSR count). The van der Waals surface area contributed by atoms with E-state index in [1.807, 2.05) is 60.7 Å². The van der Waals surface area contributed by atoms with Crippen molar-refractivity contribution < 1.29 is 9.59 Å². The average molecular weight is 473 g/mol. The lowest BCUT2D eigenvalue weighted by Crippen LogP contribution is -2.42. The topological polar surface area (TPSA) is 93.1 Å². The summed E-state index contributed by atoms with van der Waals surface area (Å²) in [5.74, 6) is -0.0730. The highest BCUT2D eigenvalue weighted by Crippen LogP contribution is 2.18. The van der Waals surface area contributed by atoms with E-state index in [0.717, 1.165) is 16.2 Å². The average Bonchev–Trinajstić information content (AvgIpc) is 2.88. The molecule has 1 heterocycles. The Labute approximate surface area is 201 Å². The third kappa shape index (κ3) is 5.90. The molecule has 7 nitrogen and oxygen atoms in total. The number of hydrogen-bond acceptors (Lipinski definition) is 5. The van der Waals surface area contributed by atoms with Crippen LogP contribution in [0.4, 0.5) is 0 Å². The van der Waals surface area contributed by atoms with Crippen LogP contribution >= 0.6 is 11.8 Å². The molecule has 0 saturated carbocycles. The van der Waals surface area contributed by atoms with E-state index < -0.39 is 5.91 Å². The molecule has 0 aliphatic heterocycles. The Balaban J connectivity index is 1.41. The third-order valence-electron chi connectivity index (χ3n) is 5.13. The van der Waals surface area contributed by atoms with E-state index in [-0.39, 0.29) is 30.1 Å². The van der Waals surface area contributed by atoms with Gasteiger partial charge in [0.2, 0.25) is 5.91 Å². The number of hydrazine groups is 1. The van der Waals surface area contributed by atoms with E-state index in [0.29, 0.717) is 17.2 Å². The zero-order chi connectivity index (χ0) is 23.8. The number of hydrogen-bond donors (Lipinski definition) is 2. The van der Waals surface area contributed by atoms with E-state index in [2.05, 4.69) is 16.0 Å². The van der Waals surface area contributed by atoms with E-state index in [1.54, 1.807) is 36.0 Å². The fourth-order valence-corrected chi connectivity index (χ4v) is 4.33. The van der Waals surface area contributed by atoms with Crippen molar-refractivity contribution in [1.29, 1.82) is 0 Å². The Bertz CT molecular complexity index is 1340. The summed E-state index contributed by atoms with van der Waals surface area (Å²) in [6.07, 6.45) is 0.951. The third-order valence-corrected chi connectivity index (χ3v) is 6.23. The maximum Gasteiger partial charge on any atom is 0.290 e. The van der Waals surface area contributed by atoms with E-state index in [9.17, 15) is 14.4 Å². The van der Waals surface area contributed by atoms with Gasteiger partial charge in [-0.15, -0.1) is 11.8 Å². The molecule has 3 aromatic carbocycles. The van der Waals surface area contributed by atoms with Gasteiger partial charge in [0.25, 0.3) is 11.5 Å². The van der Waals surface area contributed by atoms with Crippen LogP contribution in [0.15, 0.2) is 94.6 Å². The molecular formula is C26H24N4O3S. The minimum Gasteiger partial charge on any atom is -0.273 e. The number of nitrogens with one attached hydrogen (secondary N) is 2. The van der Waals surface area contributed by atoms with E-state index in [4.69, 9.17) is 0 Å². The van der Waals surface area contributed by atoms with Gasteiger partial charge in [-0.3, -0.25) is 25.2 Å². The highest BCUT2D eigenvalue weighted by atomic mass is 32.2. The fraction of sp³-hybridized carbons (Fsp3) is 0.154. The number of fused-ring (bicyclic) bond motifs is 1. The highest BCUT2D eigenvalue weighted by Gasteiger charge is 2.17. The Morgan fingerprint density at radius 3 is 2.21 bits per heavy atom. The Morgan fingerprint density at radius 1 is 0.824 bits per heavy atom. The van der Waals surface area contributed by atoms with Crippen LogP contribution < -0.4 is 16.4 Å². The smallest absolute Gasteiger partial charge is 0.273 e. The molecule has 0 spiro atoms. The van der Waals surface area contributed by atoms with Crippen molar-refractivity contribution in [3.63, 3.8) is 0 Å². The SMILES string of the molecule is O=C(CCCSc1ccccc1)NNC(=O)c1nn(Cc2ccccc2)c(=O)c2ccccc12. The predicted octanol–water partition coefficient (Wildman–Crippen LogP) is 3.78. The Hall–Kier alpha value is -3.91. The van der Waals surface area contributed by atoms with Crippen LogP contribution in [-0.4, -0.2) is 27.3 Å². The van der Waals surface area contributed by atoms with E-state index in [1.165, 1.54) is 4.68 Å². The van der Waals surface area contributed by atoms with Gasteiger partial charge in [-0.2, -0.15) is 5.10 Å². The summed E-state index contributed by atoms with van der Waals surface area (Å²) in [6.45, 7) is 0.232. The molecule has 0 bridgehead atoms. The molecule has 0 atom stereocenters. The molecule has 0 radical (unpaired) electrons. The van der Waals surface area contributed by atoms with Gasteiger partial charge in [0.1, 0.15) is 0 Å².